The second-order valence-electron chi connectivity index (χ2n) is 5.75. The summed E-state index contributed by atoms with van der Waals surface area (Å²) < 4.78 is 10.8. The fourth-order valence-electron chi connectivity index (χ4n) is 2.89. The van der Waals surface area contributed by atoms with Gasteiger partial charge in [0.25, 0.3) is 0 Å². The van der Waals surface area contributed by atoms with Crippen LogP contribution in [0.2, 0.25) is 0 Å². The molecule has 0 saturated carbocycles. The molecular formula is C19H14N4O2. The predicted molar refractivity (Wildman–Crippen MR) is 95.2 cm³/mol. The highest BCUT2D eigenvalue weighted by Gasteiger charge is 2.16. The predicted octanol–water partition coefficient (Wildman–Crippen LogP) is 4.10. The molecule has 0 saturated heterocycles. The molecule has 0 spiro atoms. The van der Waals surface area contributed by atoms with Gasteiger partial charge in [-0.1, -0.05) is 12.1 Å². The lowest BCUT2D eigenvalue weighted by Crippen LogP contribution is -1.93. The van der Waals surface area contributed by atoms with Crippen LogP contribution in [0.1, 0.15) is 0 Å². The zero-order chi connectivity index (χ0) is 16.6. The maximum Gasteiger partial charge on any atom is 0.231 e. The molecule has 4 aromatic rings. The number of rotatable bonds is 3. The Morgan fingerprint density at radius 2 is 1.60 bits per heavy atom. The van der Waals surface area contributed by atoms with Crippen LogP contribution < -0.4 is 14.8 Å². The van der Waals surface area contributed by atoms with E-state index in [0.29, 0.717) is 5.95 Å². The van der Waals surface area contributed by atoms with Crippen LogP contribution in [-0.4, -0.2) is 21.7 Å². The Bertz CT molecular complexity index is 1000. The first-order valence-corrected chi connectivity index (χ1v) is 7.92. The van der Waals surface area contributed by atoms with Crippen molar-refractivity contribution >= 4 is 22.7 Å². The first-order chi connectivity index (χ1) is 12.3. The quantitative estimate of drug-likeness (QED) is 0.592. The molecule has 0 amide bonds. The van der Waals surface area contributed by atoms with Gasteiger partial charge in [0.05, 0.1) is 11.0 Å². The molecule has 1 aliphatic heterocycles. The van der Waals surface area contributed by atoms with Crippen LogP contribution in [0.4, 0.5) is 11.6 Å². The molecular weight excluding hydrogens is 316 g/mol. The summed E-state index contributed by atoms with van der Waals surface area (Å²) in [6.45, 7) is 0.261. The monoisotopic (exact) mass is 330 g/mol. The molecule has 1 aliphatic rings. The second kappa shape index (κ2) is 5.52. The molecule has 25 heavy (non-hydrogen) atoms. The lowest BCUT2D eigenvalue weighted by Gasteiger charge is -2.05. The number of hydrogen-bond donors (Lipinski definition) is 2. The Morgan fingerprint density at radius 1 is 0.880 bits per heavy atom. The van der Waals surface area contributed by atoms with Crippen LogP contribution in [0, 0.1) is 0 Å². The third-order valence-electron chi connectivity index (χ3n) is 4.14. The number of hydrogen-bond acceptors (Lipinski definition) is 5. The highest BCUT2D eigenvalue weighted by Crippen LogP contribution is 2.35. The average Bonchev–Trinajstić information content (AvgIpc) is 3.26. The third-order valence-corrected chi connectivity index (χ3v) is 4.14. The molecule has 0 unspecified atom stereocenters. The van der Waals surface area contributed by atoms with E-state index in [-0.39, 0.29) is 6.79 Å². The van der Waals surface area contributed by atoms with Gasteiger partial charge < -0.3 is 19.8 Å². The molecule has 0 atom stereocenters. The number of benzene rings is 2. The van der Waals surface area contributed by atoms with Crippen LogP contribution in [-0.2, 0) is 0 Å². The molecule has 6 nitrogen and oxygen atoms in total. The number of nitrogens with zero attached hydrogens (tertiary/aromatic N) is 2. The van der Waals surface area contributed by atoms with Crippen molar-refractivity contribution in [1.29, 1.82) is 0 Å². The highest BCUT2D eigenvalue weighted by atomic mass is 16.7. The lowest BCUT2D eigenvalue weighted by atomic mass is 10.1. The molecule has 2 N–H and O–H groups in total. The number of aromatic amines is 1. The van der Waals surface area contributed by atoms with Crippen molar-refractivity contribution in [2.75, 3.05) is 12.1 Å². The topological polar surface area (TPSA) is 72.1 Å². The SMILES string of the molecule is c1cc(-c2ccc(Nc3nc4cc5c(cc4[nH]3)OCO5)cc2)ccn1. The summed E-state index contributed by atoms with van der Waals surface area (Å²) >= 11 is 0. The van der Waals surface area contributed by atoms with Gasteiger partial charge in [0.1, 0.15) is 0 Å². The van der Waals surface area contributed by atoms with Crippen LogP contribution in [0.5, 0.6) is 11.5 Å². The van der Waals surface area contributed by atoms with Crippen molar-refractivity contribution in [3.8, 4) is 22.6 Å². The number of anilines is 2. The van der Waals surface area contributed by atoms with E-state index in [1.807, 2.05) is 36.4 Å². The summed E-state index contributed by atoms with van der Waals surface area (Å²) in [5, 5.41) is 3.29. The van der Waals surface area contributed by atoms with Crippen molar-refractivity contribution in [3.05, 3.63) is 60.9 Å². The van der Waals surface area contributed by atoms with Gasteiger partial charge >= 0.3 is 0 Å². The van der Waals surface area contributed by atoms with E-state index in [2.05, 4.69) is 32.4 Å². The van der Waals surface area contributed by atoms with E-state index in [1.165, 1.54) is 0 Å². The fourth-order valence-corrected chi connectivity index (χ4v) is 2.89. The van der Waals surface area contributed by atoms with Gasteiger partial charge in [0.15, 0.2) is 11.5 Å². The Kier molecular flexibility index (Phi) is 3.06. The van der Waals surface area contributed by atoms with Gasteiger partial charge in [0.2, 0.25) is 12.7 Å². The summed E-state index contributed by atoms with van der Waals surface area (Å²) in [6.07, 6.45) is 3.58. The Balaban J connectivity index is 1.41. The highest BCUT2D eigenvalue weighted by molar-refractivity contribution is 5.82. The van der Waals surface area contributed by atoms with E-state index >= 15 is 0 Å². The maximum atomic E-state index is 5.39. The Morgan fingerprint density at radius 3 is 2.40 bits per heavy atom. The van der Waals surface area contributed by atoms with Gasteiger partial charge in [-0.2, -0.15) is 0 Å². The fraction of sp³-hybridized carbons (Fsp3) is 0.0526. The number of aromatic nitrogens is 3. The van der Waals surface area contributed by atoms with E-state index in [9.17, 15) is 0 Å². The molecule has 6 heteroatoms. The number of ether oxygens (including phenoxy) is 2. The molecule has 2 aromatic heterocycles. The minimum absolute atomic E-state index is 0.261. The summed E-state index contributed by atoms with van der Waals surface area (Å²) in [5.41, 5.74) is 4.97. The molecule has 122 valence electrons. The van der Waals surface area contributed by atoms with E-state index < -0.39 is 0 Å². The van der Waals surface area contributed by atoms with Crippen LogP contribution in [0.25, 0.3) is 22.2 Å². The van der Waals surface area contributed by atoms with Crippen molar-refractivity contribution in [1.82, 2.24) is 15.0 Å². The van der Waals surface area contributed by atoms with Crippen molar-refractivity contribution in [3.63, 3.8) is 0 Å². The Hall–Kier alpha value is -3.54. The smallest absolute Gasteiger partial charge is 0.231 e. The average molecular weight is 330 g/mol. The zero-order valence-electron chi connectivity index (χ0n) is 13.2. The first kappa shape index (κ1) is 13.9. The summed E-state index contributed by atoms with van der Waals surface area (Å²) in [6, 6.07) is 15.9. The molecule has 0 aliphatic carbocycles. The van der Waals surface area contributed by atoms with Crippen molar-refractivity contribution in [2.45, 2.75) is 0 Å². The van der Waals surface area contributed by atoms with Gasteiger partial charge in [-0.15, -0.1) is 0 Å². The molecule has 2 aromatic carbocycles. The lowest BCUT2D eigenvalue weighted by molar-refractivity contribution is 0.174. The van der Waals surface area contributed by atoms with Crippen LogP contribution in [0.3, 0.4) is 0 Å². The molecule has 5 rings (SSSR count). The number of fused-ring (bicyclic) bond motifs is 2. The number of imidazole rings is 1. The Labute approximate surface area is 143 Å². The number of nitrogens with one attached hydrogen (secondary N) is 2. The third kappa shape index (κ3) is 2.53. The molecule has 0 radical (unpaired) electrons. The molecule has 0 fully saturated rings. The first-order valence-electron chi connectivity index (χ1n) is 7.92. The molecule has 0 bridgehead atoms. The van der Waals surface area contributed by atoms with E-state index in [4.69, 9.17) is 9.47 Å². The van der Waals surface area contributed by atoms with Gasteiger partial charge in [-0.05, 0) is 35.4 Å². The van der Waals surface area contributed by atoms with Crippen LogP contribution in [0.15, 0.2) is 60.9 Å². The van der Waals surface area contributed by atoms with Crippen molar-refractivity contribution < 1.29 is 9.47 Å². The van der Waals surface area contributed by atoms with Crippen molar-refractivity contribution in [2.24, 2.45) is 0 Å². The maximum absolute atomic E-state index is 5.39. The van der Waals surface area contributed by atoms with Gasteiger partial charge in [-0.25, -0.2) is 4.98 Å². The van der Waals surface area contributed by atoms with E-state index in [0.717, 1.165) is 39.3 Å². The normalized spacial score (nSPS) is 12.5. The largest absolute Gasteiger partial charge is 0.454 e. The minimum Gasteiger partial charge on any atom is -0.454 e. The summed E-state index contributed by atoms with van der Waals surface area (Å²) in [4.78, 5) is 11.9. The van der Waals surface area contributed by atoms with E-state index in [1.54, 1.807) is 12.4 Å². The zero-order valence-corrected chi connectivity index (χ0v) is 13.2. The minimum atomic E-state index is 0.261. The van der Waals surface area contributed by atoms with Gasteiger partial charge in [0, 0.05) is 30.2 Å². The molecule has 3 heterocycles. The standard InChI is InChI=1S/C19H14N4O2/c1-3-14(4-2-12(1)13-5-7-20-8-6-13)21-19-22-15-9-17-18(25-11-24-17)10-16(15)23-19/h1-10H,11H2,(H2,21,22,23). The van der Waals surface area contributed by atoms with Crippen LogP contribution >= 0.6 is 0 Å². The summed E-state index contributed by atoms with van der Waals surface area (Å²) in [7, 11) is 0. The second-order valence-corrected chi connectivity index (χ2v) is 5.75. The number of H-pyrrole nitrogens is 1. The van der Waals surface area contributed by atoms with Gasteiger partial charge in [-0.3, -0.25) is 4.98 Å². The summed E-state index contributed by atoms with van der Waals surface area (Å²) in [5.74, 6) is 2.15. The number of pyridine rings is 1.